The van der Waals surface area contributed by atoms with Crippen LogP contribution in [0, 0.1) is 5.82 Å². The Morgan fingerprint density at radius 2 is 1.92 bits per heavy atom. The lowest BCUT2D eigenvalue weighted by Crippen LogP contribution is -1.87. The SMILES string of the molecule is C=C(CC)Cc1ccc(F)cc1. The molecule has 0 N–H and O–H groups in total. The van der Waals surface area contributed by atoms with Crippen LogP contribution in [0.1, 0.15) is 18.9 Å². The van der Waals surface area contributed by atoms with E-state index in [0.717, 1.165) is 18.4 Å². The first kappa shape index (κ1) is 8.98. The van der Waals surface area contributed by atoms with Gasteiger partial charge in [0.15, 0.2) is 0 Å². The molecule has 0 aromatic heterocycles. The second-order valence-electron chi connectivity index (χ2n) is 2.91. The molecule has 0 radical (unpaired) electrons. The summed E-state index contributed by atoms with van der Waals surface area (Å²) in [6.45, 7) is 5.97. The third kappa shape index (κ3) is 2.50. The van der Waals surface area contributed by atoms with E-state index >= 15 is 0 Å². The summed E-state index contributed by atoms with van der Waals surface area (Å²) in [5, 5.41) is 0. The summed E-state index contributed by atoms with van der Waals surface area (Å²) in [5.74, 6) is -0.180. The van der Waals surface area contributed by atoms with E-state index < -0.39 is 0 Å². The van der Waals surface area contributed by atoms with Crippen molar-refractivity contribution < 1.29 is 4.39 Å². The van der Waals surface area contributed by atoms with E-state index in [2.05, 4.69) is 13.5 Å². The van der Waals surface area contributed by atoms with Crippen LogP contribution in [0.15, 0.2) is 36.4 Å². The highest BCUT2D eigenvalue weighted by atomic mass is 19.1. The Balaban J connectivity index is 2.64. The summed E-state index contributed by atoms with van der Waals surface area (Å²) in [6.07, 6.45) is 1.84. The zero-order valence-corrected chi connectivity index (χ0v) is 7.31. The molecular formula is C11H13F. The van der Waals surface area contributed by atoms with Gasteiger partial charge in [-0.15, -0.1) is 0 Å². The molecular weight excluding hydrogens is 151 g/mol. The van der Waals surface area contributed by atoms with Gasteiger partial charge in [-0.3, -0.25) is 0 Å². The van der Waals surface area contributed by atoms with Gasteiger partial charge in [-0.2, -0.15) is 0 Å². The molecule has 1 aromatic carbocycles. The van der Waals surface area contributed by atoms with Crippen LogP contribution >= 0.6 is 0 Å². The molecule has 0 aliphatic heterocycles. The quantitative estimate of drug-likeness (QED) is 0.601. The van der Waals surface area contributed by atoms with Crippen LogP contribution in [0.4, 0.5) is 4.39 Å². The summed E-state index contributed by atoms with van der Waals surface area (Å²) < 4.78 is 12.5. The number of halogens is 1. The van der Waals surface area contributed by atoms with Crippen molar-refractivity contribution in [1.82, 2.24) is 0 Å². The maximum atomic E-state index is 12.5. The van der Waals surface area contributed by atoms with Crippen molar-refractivity contribution in [3.8, 4) is 0 Å². The van der Waals surface area contributed by atoms with Crippen LogP contribution in [0.2, 0.25) is 0 Å². The highest BCUT2D eigenvalue weighted by molar-refractivity contribution is 5.21. The van der Waals surface area contributed by atoms with E-state index in [9.17, 15) is 4.39 Å². The predicted molar refractivity (Wildman–Crippen MR) is 49.5 cm³/mol. The maximum absolute atomic E-state index is 12.5. The highest BCUT2D eigenvalue weighted by Gasteiger charge is 1.95. The molecule has 0 aliphatic carbocycles. The van der Waals surface area contributed by atoms with Crippen LogP contribution < -0.4 is 0 Å². The van der Waals surface area contributed by atoms with E-state index in [1.807, 2.05) is 0 Å². The van der Waals surface area contributed by atoms with E-state index in [0.29, 0.717) is 0 Å². The average molecular weight is 164 g/mol. The zero-order valence-electron chi connectivity index (χ0n) is 7.31. The van der Waals surface area contributed by atoms with Crippen LogP contribution in [-0.4, -0.2) is 0 Å². The number of rotatable bonds is 3. The number of benzene rings is 1. The Bertz CT molecular complexity index is 259. The molecule has 0 aliphatic rings. The van der Waals surface area contributed by atoms with Gasteiger partial charge < -0.3 is 0 Å². The molecule has 0 saturated heterocycles. The third-order valence-corrected chi connectivity index (χ3v) is 1.87. The number of hydrogen-bond donors (Lipinski definition) is 0. The molecule has 1 rings (SSSR count). The minimum Gasteiger partial charge on any atom is -0.207 e. The van der Waals surface area contributed by atoms with Crippen LogP contribution in [0.3, 0.4) is 0 Å². The van der Waals surface area contributed by atoms with Gasteiger partial charge in [0.25, 0.3) is 0 Å². The highest BCUT2D eigenvalue weighted by Crippen LogP contribution is 2.09. The molecule has 0 amide bonds. The predicted octanol–water partition coefficient (Wildman–Crippen LogP) is 3.33. The average Bonchev–Trinajstić information content (AvgIpc) is 2.09. The Kier molecular flexibility index (Phi) is 3.03. The molecule has 0 heterocycles. The normalized spacial score (nSPS) is 9.83. The molecule has 0 spiro atoms. The fourth-order valence-electron chi connectivity index (χ4n) is 1.02. The smallest absolute Gasteiger partial charge is 0.123 e. The summed E-state index contributed by atoms with van der Waals surface area (Å²) in [4.78, 5) is 0. The molecule has 0 nitrogen and oxygen atoms in total. The molecule has 0 saturated carbocycles. The second-order valence-corrected chi connectivity index (χ2v) is 2.91. The van der Waals surface area contributed by atoms with Crippen molar-refractivity contribution in [3.05, 3.63) is 47.8 Å². The van der Waals surface area contributed by atoms with Gasteiger partial charge in [-0.1, -0.05) is 31.2 Å². The standard InChI is InChI=1S/C11H13F/c1-3-9(2)8-10-4-6-11(12)7-5-10/h4-7H,2-3,8H2,1H3. The fourth-order valence-corrected chi connectivity index (χ4v) is 1.02. The Hall–Kier alpha value is -1.11. The van der Waals surface area contributed by atoms with Gasteiger partial charge >= 0.3 is 0 Å². The number of hydrogen-bond acceptors (Lipinski definition) is 0. The molecule has 1 aromatic rings. The monoisotopic (exact) mass is 164 g/mol. The molecule has 12 heavy (non-hydrogen) atoms. The van der Waals surface area contributed by atoms with Gasteiger partial charge in [0.05, 0.1) is 0 Å². The summed E-state index contributed by atoms with van der Waals surface area (Å²) in [5.41, 5.74) is 2.31. The summed E-state index contributed by atoms with van der Waals surface area (Å²) in [7, 11) is 0. The molecule has 64 valence electrons. The lowest BCUT2D eigenvalue weighted by molar-refractivity contribution is 0.627. The molecule has 0 atom stereocenters. The van der Waals surface area contributed by atoms with Gasteiger partial charge in [-0.05, 0) is 30.5 Å². The van der Waals surface area contributed by atoms with Crippen molar-refractivity contribution in [2.45, 2.75) is 19.8 Å². The van der Waals surface area contributed by atoms with E-state index in [1.165, 1.54) is 17.7 Å². The second kappa shape index (κ2) is 4.05. The summed E-state index contributed by atoms with van der Waals surface area (Å²) in [6, 6.07) is 6.57. The van der Waals surface area contributed by atoms with Crippen molar-refractivity contribution in [2.75, 3.05) is 0 Å². The molecule has 0 fully saturated rings. The first-order valence-corrected chi connectivity index (χ1v) is 4.13. The van der Waals surface area contributed by atoms with Gasteiger partial charge in [0.1, 0.15) is 5.82 Å². The first-order valence-electron chi connectivity index (χ1n) is 4.13. The van der Waals surface area contributed by atoms with Gasteiger partial charge in [-0.25, -0.2) is 4.39 Å². The van der Waals surface area contributed by atoms with Gasteiger partial charge in [0, 0.05) is 0 Å². The Morgan fingerprint density at radius 1 is 1.33 bits per heavy atom. The lowest BCUT2D eigenvalue weighted by Gasteiger charge is -2.01. The summed E-state index contributed by atoms with van der Waals surface area (Å²) >= 11 is 0. The van der Waals surface area contributed by atoms with Crippen molar-refractivity contribution in [3.63, 3.8) is 0 Å². The zero-order chi connectivity index (χ0) is 8.97. The maximum Gasteiger partial charge on any atom is 0.123 e. The lowest BCUT2D eigenvalue weighted by atomic mass is 10.1. The van der Waals surface area contributed by atoms with E-state index in [-0.39, 0.29) is 5.82 Å². The Labute approximate surface area is 72.7 Å². The fraction of sp³-hybridized carbons (Fsp3) is 0.273. The minimum absolute atomic E-state index is 0.180. The Morgan fingerprint density at radius 3 is 2.42 bits per heavy atom. The van der Waals surface area contributed by atoms with Crippen molar-refractivity contribution in [1.29, 1.82) is 0 Å². The topological polar surface area (TPSA) is 0 Å². The molecule has 1 heteroatoms. The first-order chi connectivity index (χ1) is 5.72. The van der Waals surface area contributed by atoms with Crippen molar-refractivity contribution >= 4 is 0 Å². The molecule has 0 bridgehead atoms. The van der Waals surface area contributed by atoms with Crippen LogP contribution in [0.25, 0.3) is 0 Å². The minimum atomic E-state index is -0.180. The number of allylic oxidation sites excluding steroid dienone is 1. The van der Waals surface area contributed by atoms with E-state index in [1.54, 1.807) is 12.1 Å². The van der Waals surface area contributed by atoms with Crippen LogP contribution in [0.5, 0.6) is 0 Å². The van der Waals surface area contributed by atoms with E-state index in [4.69, 9.17) is 0 Å². The molecule has 0 unspecified atom stereocenters. The third-order valence-electron chi connectivity index (χ3n) is 1.87. The van der Waals surface area contributed by atoms with Gasteiger partial charge in [0.2, 0.25) is 0 Å². The van der Waals surface area contributed by atoms with Crippen LogP contribution in [-0.2, 0) is 6.42 Å². The van der Waals surface area contributed by atoms with Crippen molar-refractivity contribution in [2.24, 2.45) is 0 Å². The largest absolute Gasteiger partial charge is 0.207 e.